The maximum atomic E-state index is 9.67. The Morgan fingerprint density at radius 2 is 1.79 bits per heavy atom. The van der Waals surface area contributed by atoms with Crippen LogP contribution in [-0.4, -0.2) is 53.4 Å². The lowest BCUT2D eigenvalue weighted by molar-refractivity contribution is 0.0137. The van der Waals surface area contributed by atoms with E-state index in [4.69, 9.17) is 14.6 Å². The predicted molar refractivity (Wildman–Crippen MR) is 80.2 cm³/mol. The molecule has 0 amide bonds. The zero-order valence-corrected chi connectivity index (χ0v) is 12.1. The number of aliphatic hydroxyl groups is 2. The van der Waals surface area contributed by atoms with Gasteiger partial charge in [0.25, 0.3) is 0 Å². The van der Waals surface area contributed by atoms with Crippen LogP contribution in [0.2, 0.25) is 0 Å². The first-order valence-corrected chi connectivity index (χ1v) is 7.10. The SMILES string of the molecule is C=CCO.C=CCOCC1C[C@H](OCC=C)C(O)S1. The highest BCUT2D eigenvalue weighted by atomic mass is 32.2. The summed E-state index contributed by atoms with van der Waals surface area (Å²) in [5.41, 5.74) is -0.442. The summed E-state index contributed by atoms with van der Waals surface area (Å²) in [5.74, 6) is 0. The first-order chi connectivity index (χ1) is 9.19. The molecule has 2 N–H and O–H groups in total. The summed E-state index contributed by atoms with van der Waals surface area (Å²) in [6.07, 6.45) is 5.59. The molecule has 1 aliphatic heterocycles. The Kier molecular flexibility index (Phi) is 12.1. The molecule has 1 fully saturated rings. The van der Waals surface area contributed by atoms with E-state index in [2.05, 4.69) is 19.7 Å². The molecule has 5 heteroatoms. The molecule has 110 valence electrons. The van der Waals surface area contributed by atoms with Crippen molar-refractivity contribution in [3.63, 3.8) is 0 Å². The second-order valence-electron chi connectivity index (χ2n) is 3.84. The van der Waals surface area contributed by atoms with Crippen molar-refractivity contribution in [2.75, 3.05) is 26.4 Å². The van der Waals surface area contributed by atoms with Crippen LogP contribution in [0.15, 0.2) is 38.0 Å². The summed E-state index contributed by atoms with van der Waals surface area (Å²) in [4.78, 5) is 0. The zero-order chi connectivity index (χ0) is 14.5. The van der Waals surface area contributed by atoms with Gasteiger partial charge in [-0.15, -0.1) is 31.5 Å². The Hall–Kier alpha value is -0.590. The molecule has 2 unspecified atom stereocenters. The normalized spacial score (nSPS) is 25.3. The second kappa shape index (κ2) is 12.4. The molecule has 0 aromatic carbocycles. The standard InChI is InChI=1S/C11H18O3S.C3H6O/c1-3-5-13-8-9-7-10(11(12)15-9)14-6-4-2;1-2-3-4/h3-4,9-12H,1-2,5-8H2;2,4H,1,3H2/t9?,10-,11?;/m0./s1. The van der Waals surface area contributed by atoms with Crippen LogP contribution in [0.5, 0.6) is 0 Å². The minimum absolute atomic E-state index is 0.0833. The fourth-order valence-electron chi connectivity index (χ4n) is 1.45. The number of hydrogen-bond acceptors (Lipinski definition) is 5. The van der Waals surface area contributed by atoms with Gasteiger partial charge >= 0.3 is 0 Å². The Morgan fingerprint density at radius 3 is 2.32 bits per heavy atom. The maximum absolute atomic E-state index is 9.67. The van der Waals surface area contributed by atoms with Crippen LogP contribution >= 0.6 is 11.8 Å². The summed E-state index contributed by atoms with van der Waals surface area (Å²) < 4.78 is 10.8. The predicted octanol–water partition coefficient (Wildman–Crippen LogP) is 1.75. The smallest absolute Gasteiger partial charge is 0.126 e. The Labute approximate surface area is 119 Å². The van der Waals surface area contributed by atoms with Gasteiger partial charge in [0, 0.05) is 5.25 Å². The summed E-state index contributed by atoms with van der Waals surface area (Å²) >= 11 is 1.51. The topological polar surface area (TPSA) is 58.9 Å². The van der Waals surface area contributed by atoms with E-state index in [1.54, 1.807) is 12.2 Å². The molecule has 0 aliphatic carbocycles. The van der Waals surface area contributed by atoms with E-state index in [-0.39, 0.29) is 12.7 Å². The van der Waals surface area contributed by atoms with E-state index >= 15 is 0 Å². The van der Waals surface area contributed by atoms with Gasteiger partial charge in [0.05, 0.1) is 32.5 Å². The van der Waals surface area contributed by atoms with E-state index < -0.39 is 5.44 Å². The molecule has 4 nitrogen and oxygen atoms in total. The van der Waals surface area contributed by atoms with Gasteiger partial charge < -0.3 is 19.7 Å². The van der Waals surface area contributed by atoms with Crippen LogP contribution < -0.4 is 0 Å². The number of hydrogen-bond donors (Lipinski definition) is 2. The molecule has 1 rings (SSSR count). The molecule has 0 aromatic rings. The van der Waals surface area contributed by atoms with Gasteiger partial charge in [-0.25, -0.2) is 0 Å². The lowest BCUT2D eigenvalue weighted by Crippen LogP contribution is -2.21. The van der Waals surface area contributed by atoms with Crippen molar-refractivity contribution in [1.29, 1.82) is 0 Å². The third kappa shape index (κ3) is 9.02. The average Bonchev–Trinajstić information content (AvgIpc) is 2.77. The van der Waals surface area contributed by atoms with Crippen molar-refractivity contribution in [1.82, 2.24) is 0 Å². The van der Waals surface area contributed by atoms with Gasteiger partial charge in [0.1, 0.15) is 5.44 Å². The zero-order valence-electron chi connectivity index (χ0n) is 11.2. The molecule has 3 atom stereocenters. The molecule has 0 spiro atoms. The fraction of sp³-hybridized carbons (Fsp3) is 0.571. The van der Waals surface area contributed by atoms with E-state index in [0.29, 0.717) is 25.1 Å². The Morgan fingerprint density at radius 1 is 1.16 bits per heavy atom. The number of thioether (sulfide) groups is 1. The van der Waals surface area contributed by atoms with Gasteiger partial charge in [-0.2, -0.15) is 0 Å². The molecular weight excluding hydrogens is 264 g/mol. The molecule has 1 heterocycles. The van der Waals surface area contributed by atoms with Crippen molar-refractivity contribution in [3.8, 4) is 0 Å². The monoisotopic (exact) mass is 288 g/mol. The fourth-order valence-corrected chi connectivity index (χ4v) is 2.68. The van der Waals surface area contributed by atoms with Gasteiger partial charge in [-0.1, -0.05) is 18.2 Å². The molecule has 1 saturated heterocycles. The summed E-state index contributed by atoms with van der Waals surface area (Å²) in [5, 5.41) is 17.7. The van der Waals surface area contributed by atoms with Crippen LogP contribution in [0.4, 0.5) is 0 Å². The van der Waals surface area contributed by atoms with Crippen molar-refractivity contribution in [2.24, 2.45) is 0 Å². The van der Waals surface area contributed by atoms with Crippen LogP contribution in [-0.2, 0) is 9.47 Å². The lowest BCUT2D eigenvalue weighted by atomic mass is 10.2. The molecular formula is C14H24O4S. The Bertz CT molecular complexity index is 258. The minimum atomic E-state index is -0.442. The third-order valence-corrected chi connectivity index (χ3v) is 3.54. The molecule has 0 aromatic heterocycles. The van der Waals surface area contributed by atoms with Gasteiger partial charge in [-0.3, -0.25) is 0 Å². The number of ether oxygens (including phenoxy) is 2. The summed E-state index contributed by atoms with van der Waals surface area (Å²) in [6, 6.07) is 0. The van der Waals surface area contributed by atoms with Gasteiger partial charge in [0.2, 0.25) is 0 Å². The van der Waals surface area contributed by atoms with E-state index in [0.717, 1.165) is 6.42 Å². The third-order valence-electron chi connectivity index (χ3n) is 2.24. The molecule has 0 saturated carbocycles. The average molecular weight is 288 g/mol. The molecule has 1 aliphatic rings. The van der Waals surface area contributed by atoms with Crippen molar-refractivity contribution in [2.45, 2.75) is 23.2 Å². The highest BCUT2D eigenvalue weighted by Crippen LogP contribution is 2.34. The van der Waals surface area contributed by atoms with Crippen LogP contribution in [0.25, 0.3) is 0 Å². The van der Waals surface area contributed by atoms with Crippen molar-refractivity contribution in [3.05, 3.63) is 38.0 Å². The van der Waals surface area contributed by atoms with Gasteiger partial charge in [-0.05, 0) is 6.42 Å². The minimum Gasteiger partial charge on any atom is -0.392 e. The first-order valence-electron chi connectivity index (χ1n) is 6.16. The largest absolute Gasteiger partial charge is 0.392 e. The highest BCUT2D eigenvalue weighted by Gasteiger charge is 2.34. The van der Waals surface area contributed by atoms with E-state index in [1.807, 2.05) is 0 Å². The number of rotatable bonds is 8. The van der Waals surface area contributed by atoms with Gasteiger partial charge in [0.15, 0.2) is 0 Å². The second-order valence-corrected chi connectivity index (χ2v) is 5.26. The first kappa shape index (κ1) is 18.4. The van der Waals surface area contributed by atoms with Crippen molar-refractivity contribution < 1.29 is 19.7 Å². The quantitative estimate of drug-likeness (QED) is 0.526. The van der Waals surface area contributed by atoms with Crippen molar-refractivity contribution >= 4 is 11.8 Å². The maximum Gasteiger partial charge on any atom is 0.126 e. The van der Waals surface area contributed by atoms with Crippen LogP contribution in [0, 0.1) is 0 Å². The molecule has 0 radical (unpaired) electrons. The van der Waals surface area contributed by atoms with E-state index in [1.165, 1.54) is 17.8 Å². The van der Waals surface area contributed by atoms with Crippen LogP contribution in [0.3, 0.4) is 0 Å². The summed E-state index contributed by atoms with van der Waals surface area (Å²) in [7, 11) is 0. The molecule has 0 bridgehead atoms. The highest BCUT2D eigenvalue weighted by molar-refractivity contribution is 8.00. The lowest BCUT2D eigenvalue weighted by Gasteiger charge is -2.12. The molecule has 19 heavy (non-hydrogen) atoms. The van der Waals surface area contributed by atoms with Crippen LogP contribution in [0.1, 0.15) is 6.42 Å². The van der Waals surface area contributed by atoms with E-state index in [9.17, 15) is 5.11 Å². The Balaban J connectivity index is 0.000000711. The summed E-state index contributed by atoms with van der Waals surface area (Å²) in [6.45, 7) is 12.2. The number of aliphatic hydroxyl groups excluding tert-OH is 2.